The van der Waals surface area contributed by atoms with Crippen molar-refractivity contribution in [2.24, 2.45) is 0 Å². The maximum absolute atomic E-state index is 12.0. The van der Waals surface area contributed by atoms with Gasteiger partial charge in [-0.25, -0.2) is 0 Å². The Kier molecular flexibility index (Phi) is 4.22. The summed E-state index contributed by atoms with van der Waals surface area (Å²) in [6.07, 6.45) is 0. The molecule has 0 saturated carbocycles. The monoisotopic (exact) mass is 318 g/mol. The minimum Gasteiger partial charge on any atom is -0.398 e. The molecule has 19 heavy (non-hydrogen) atoms. The Morgan fingerprint density at radius 2 is 1.89 bits per heavy atom. The van der Waals surface area contributed by atoms with Gasteiger partial charge < -0.3 is 11.1 Å². The largest absolute Gasteiger partial charge is 0.398 e. The topological polar surface area (TPSA) is 55.1 Å². The summed E-state index contributed by atoms with van der Waals surface area (Å²) in [4.78, 5) is 12.0. The summed E-state index contributed by atoms with van der Waals surface area (Å²) in [5, 5.41) is 2.88. The van der Waals surface area contributed by atoms with Gasteiger partial charge in [0, 0.05) is 22.3 Å². The normalized spacial score (nSPS) is 10.2. The first-order chi connectivity index (χ1) is 9.06. The second-order valence-corrected chi connectivity index (χ2v) is 5.26. The highest BCUT2D eigenvalue weighted by atomic mass is 79.9. The lowest BCUT2D eigenvalue weighted by atomic mass is 10.1. The minimum absolute atomic E-state index is 0.110. The molecule has 0 heterocycles. The Bertz CT molecular complexity index is 594. The van der Waals surface area contributed by atoms with Crippen molar-refractivity contribution in [2.45, 2.75) is 13.5 Å². The zero-order valence-corrected chi connectivity index (χ0v) is 12.2. The summed E-state index contributed by atoms with van der Waals surface area (Å²) in [7, 11) is 0. The smallest absolute Gasteiger partial charge is 0.251 e. The van der Waals surface area contributed by atoms with Crippen LogP contribution >= 0.6 is 15.9 Å². The molecule has 0 fully saturated rings. The zero-order chi connectivity index (χ0) is 13.8. The van der Waals surface area contributed by atoms with Gasteiger partial charge in [-0.1, -0.05) is 29.8 Å². The lowest BCUT2D eigenvalue weighted by Gasteiger charge is -2.07. The van der Waals surface area contributed by atoms with E-state index in [2.05, 4.69) is 21.2 Å². The predicted octanol–water partition coefficient (Wildman–Crippen LogP) is 3.27. The van der Waals surface area contributed by atoms with E-state index in [-0.39, 0.29) is 5.91 Å². The highest BCUT2D eigenvalue weighted by molar-refractivity contribution is 9.10. The van der Waals surface area contributed by atoms with Gasteiger partial charge in [0.1, 0.15) is 0 Å². The van der Waals surface area contributed by atoms with E-state index in [1.54, 1.807) is 18.2 Å². The van der Waals surface area contributed by atoms with Crippen molar-refractivity contribution < 1.29 is 4.79 Å². The van der Waals surface area contributed by atoms with Crippen molar-refractivity contribution in [3.8, 4) is 0 Å². The fourth-order valence-corrected chi connectivity index (χ4v) is 2.04. The number of aryl methyl sites for hydroxylation is 1. The van der Waals surface area contributed by atoms with Gasteiger partial charge in [0.2, 0.25) is 0 Å². The van der Waals surface area contributed by atoms with Crippen LogP contribution in [-0.4, -0.2) is 5.91 Å². The molecule has 0 aliphatic rings. The van der Waals surface area contributed by atoms with Gasteiger partial charge in [0.05, 0.1) is 0 Å². The zero-order valence-electron chi connectivity index (χ0n) is 10.6. The summed E-state index contributed by atoms with van der Waals surface area (Å²) in [6.45, 7) is 2.55. The van der Waals surface area contributed by atoms with Crippen LogP contribution in [0.3, 0.4) is 0 Å². The molecule has 1 amide bonds. The van der Waals surface area contributed by atoms with E-state index in [9.17, 15) is 4.79 Å². The average molecular weight is 319 g/mol. The lowest BCUT2D eigenvalue weighted by molar-refractivity contribution is 0.0951. The molecule has 0 spiro atoms. The molecule has 0 bridgehead atoms. The SMILES string of the molecule is Cc1ccc(CNC(=O)c2ccc(N)c(Br)c2)cc1. The second kappa shape index (κ2) is 5.89. The van der Waals surface area contributed by atoms with Gasteiger partial charge in [0.25, 0.3) is 5.91 Å². The average Bonchev–Trinajstić information content (AvgIpc) is 2.41. The van der Waals surface area contributed by atoms with Crippen LogP contribution in [0.4, 0.5) is 5.69 Å². The Balaban J connectivity index is 2.01. The molecular formula is C15H15BrN2O. The van der Waals surface area contributed by atoms with Crippen molar-refractivity contribution in [1.82, 2.24) is 5.32 Å². The Morgan fingerprint density at radius 3 is 2.53 bits per heavy atom. The number of hydrogen-bond acceptors (Lipinski definition) is 2. The Labute approximate surface area is 121 Å². The predicted molar refractivity (Wildman–Crippen MR) is 80.9 cm³/mol. The molecule has 3 nitrogen and oxygen atoms in total. The number of amides is 1. The molecule has 98 valence electrons. The standard InChI is InChI=1S/C15H15BrN2O/c1-10-2-4-11(5-3-10)9-18-15(19)12-6-7-14(17)13(16)8-12/h2-8H,9,17H2,1H3,(H,18,19). The van der Waals surface area contributed by atoms with Gasteiger partial charge >= 0.3 is 0 Å². The summed E-state index contributed by atoms with van der Waals surface area (Å²) in [5.74, 6) is -0.110. The van der Waals surface area contributed by atoms with Gasteiger partial charge in [-0.3, -0.25) is 4.79 Å². The van der Waals surface area contributed by atoms with Gasteiger partial charge in [0.15, 0.2) is 0 Å². The third-order valence-corrected chi connectivity index (χ3v) is 3.52. The first-order valence-electron chi connectivity index (χ1n) is 5.95. The van der Waals surface area contributed by atoms with Crippen LogP contribution < -0.4 is 11.1 Å². The quantitative estimate of drug-likeness (QED) is 0.853. The lowest BCUT2D eigenvalue weighted by Crippen LogP contribution is -2.22. The highest BCUT2D eigenvalue weighted by Gasteiger charge is 2.07. The Morgan fingerprint density at radius 1 is 1.21 bits per heavy atom. The molecule has 0 atom stereocenters. The highest BCUT2D eigenvalue weighted by Crippen LogP contribution is 2.20. The molecule has 2 aromatic rings. The van der Waals surface area contributed by atoms with Crippen LogP contribution in [0.2, 0.25) is 0 Å². The molecule has 2 aromatic carbocycles. The number of nitrogens with two attached hydrogens (primary N) is 1. The fraction of sp³-hybridized carbons (Fsp3) is 0.133. The molecule has 2 rings (SSSR count). The molecule has 0 aliphatic carbocycles. The van der Waals surface area contributed by atoms with Crippen molar-refractivity contribution in [3.63, 3.8) is 0 Å². The van der Waals surface area contributed by atoms with E-state index in [0.29, 0.717) is 17.8 Å². The number of nitrogens with one attached hydrogen (secondary N) is 1. The fourth-order valence-electron chi connectivity index (χ4n) is 1.66. The molecule has 0 saturated heterocycles. The number of anilines is 1. The van der Waals surface area contributed by atoms with Crippen LogP contribution in [-0.2, 0) is 6.54 Å². The van der Waals surface area contributed by atoms with Gasteiger partial charge in [-0.15, -0.1) is 0 Å². The van der Waals surface area contributed by atoms with Crippen LogP contribution in [0, 0.1) is 6.92 Å². The Hall–Kier alpha value is -1.81. The number of rotatable bonds is 3. The maximum atomic E-state index is 12.0. The summed E-state index contributed by atoms with van der Waals surface area (Å²) in [6, 6.07) is 13.2. The summed E-state index contributed by atoms with van der Waals surface area (Å²) >= 11 is 3.31. The second-order valence-electron chi connectivity index (χ2n) is 4.40. The molecule has 3 N–H and O–H groups in total. The summed E-state index contributed by atoms with van der Waals surface area (Å²) < 4.78 is 0.732. The van der Waals surface area contributed by atoms with Crippen molar-refractivity contribution >= 4 is 27.5 Å². The number of halogens is 1. The van der Waals surface area contributed by atoms with Gasteiger partial charge in [-0.05, 0) is 46.6 Å². The van der Waals surface area contributed by atoms with Crippen LogP contribution in [0.25, 0.3) is 0 Å². The summed E-state index contributed by atoms with van der Waals surface area (Å²) in [5.41, 5.74) is 9.18. The molecule has 0 aromatic heterocycles. The number of nitrogen functional groups attached to an aromatic ring is 1. The number of carbonyl (C=O) groups is 1. The van der Waals surface area contributed by atoms with E-state index in [1.807, 2.05) is 31.2 Å². The van der Waals surface area contributed by atoms with Crippen molar-refractivity contribution in [1.29, 1.82) is 0 Å². The van der Waals surface area contributed by atoms with Crippen LogP contribution in [0.5, 0.6) is 0 Å². The van der Waals surface area contributed by atoms with Crippen molar-refractivity contribution in [2.75, 3.05) is 5.73 Å². The first-order valence-corrected chi connectivity index (χ1v) is 6.74. The molecular weight excluding hydrogens is 304 g/mol. The maximum Gasteiger partial charge on any atom is 0.251 e. The number of carbonyl (C=O) groups excluding carboxylic acids is 1. The molecule has 0 radical (unpaired) electrons. The van der Waals surface area contributed by atoms with Crippen LogP contribution in [0.15, 0.2) is 46.9 Å². The van der Waals surface area contributed by atoms with E-state index in [4.69, 9.17) is 5.73 Å². The van der Waals surface area contributed by atoms with E-state index in [1.165, 1.54) is 5.56 Å². The molecule has 0 unspecified atom stereocenters. The van der Waals surface area contributed by atoms with E-state index in [0.717, 1.165) is 10.0 Å². The number of hydrogen-bond donors (Lipinski definition) is 2. The van der Waals surface area contributed by atoms with Gasteiger partial charge in [-0.2, -0.15) is 0 Å². The number of benzene rings is 2. The molecule has 0 aliphatic heterocycles. The molecule has 4 heteroatoms. The minimum atomic E-state index is -0.110. The van der Waals surface area contributed by atoms with E-state index >= 15 is 0 Å². The first kappa shape index (κ1) is 13.6. The van der Waals surface area contributed by atoms with Crippen molar-refractivity contribution in [3.05, 3.63) is 63.6 Å². The third-order valence-electron chi connectivity index (χ3n) is 2.84. The van der Waals surface area contributed by atoms with E-state index < -0.39 is 0 Å². The van der Waals surface area contributed by atoms with Crippen LogP contribution in [0.1, 0.15) is 21.5 Å². The third kappa shape index (κ3) is 3.58.